The second-order valence-electron chi connectivity index (χ2n) is 4.72. The average Bonchev–Trinajstić information content (AvgIpc) is 2.42. The van der Waals surface area contributed by atoms with Crippen molar-refractivity contribution in [1.82, 2.24) is 4.98 Å². The number of fused-ring (bicyclic) bond motifs is 1. The fraction of sp³-hybridized carbons (Fsp3) is 0.438. The third-order valence-electron chi connectivity index (χ3n) is 3.05. The Bertz CT molecular complexity index is 525. The smallest absolute Gasteiger partial charge is 0.0725 e. The van der Waals surface area contributed by atoms with Crippen LogP contribution in [0.2, 0.25) is 0 Å². The van der Waals surface area contributed by atoms with E-state index in [0.29, 0.717) is 0 Å². The van der Waals surface area contributed by atoms with Gasteiger partial charge in [0.1, 0.15) is 0 Å². The third-order valence-corrected chi connectivity index (χ3v) is 3.05. The maximum absolute atomic E-state index is 5.56. The highest BCUT2D eigenvalue weighted by atomic mass is 16.5. The van der Waals surface area contributed by atoms with Gasteiger partial charge in [0.05, 0.1) is 12.1 Å². The third kappa shape index (κ3) is 3.93. The molecule has 0 aliphatic heterocycles. The zero-order chi connectivity index (χ0) is 13.5. The van der Waals surface area contributed by atoms with Gasteiger partial charge in [-0.05, 0) is 25.5 Å². The summed E-state index contributed by atoms with van der Waals surface area (Å²) >= 11 is 0. The molecule has 0 bridgehead atoms. The van der Waals surface area contributed by atoms with Crippen LogP contribution in [0.25, 0.3) is 10.9 Å². The molecule has 0 fully saturated rings. The van der Waals surface area contributed by atoms with E-state index in [1.165, 1.54) is 11.8 Å². The highest BCUT2D eigenvalue weighted by Crippen LogP contribution is 2.22. The maximum Gasteiger partial charge on any atom is 0.0725 e. The molecule has 0 radical (unpaired) electrons. The van der Waals surface area contributed by atoms with Crippen LogP contribution in [0, 0.1) is 6.92 Å². The molecule has 1 aromatic heterocycles. The molecule has 0 unspecified atom stereocenters. The van der Waals surface area contributed by atoms with Crippen LogP contribution < -0.4 is 5.32 Å². The predicted octanol–water partition coefficient (Wildman–Crippen LogP) is 3.77. The number of aromatic nitrogens is 1. The minimum absolute atomic E-state index is 0.746. The van der Waals surface area contributed by atoms with Crippen molar-refractivity contribution < 1.29 is 4.74 Å². The second kappa shape index (κ2) is 7.10. The first-order valence-electron chi connectivity index (χ1n) is 6.99. The van der Waals surface area contributed by atoms with E-state index in [0.717, 1.165) is 43.1 Å². The van der Waals surface area contributed by atoms with Crippen molar-refractivity contribution in [1.29, 1.82) is 0 Å². The van der Waals surface area contributed by atoms with Crippen LogP contribution in [0.15, 0.2) is 30.3 Å². The van der Waals surface area contributed by atoms with Crippen molar-refractivity contribution in [2.24, 2.45) is 0 Å². The van der Waals surface area contributed by atoms with Crippen LogP contribution >= 0.6 is 0 Å². The van der Waals surface area contributed by atoms with Gasteiger partial charge in [-0.1, -0.05) is 31.5 Å². The fourth-order valence-electron chi connectivity index (χ4n) is 2.06. The highest BCUT2D eigenvalue weighted by Gasteiger charge is 2.02. The summed E-state index contributed by atoms with van der Waals surface area (Å²) in [7, 11) is 0. The Morgan fingerprint density at radius 1 is 1.21 bits per heavy atom. The summed E-state index contributed by atoms with van der Waals surface area (Å²) in [5.74, 6) is 0. The number of aryl methyl sites for hydroxylation is 1. The van der Waals surface area contributed by atoms with Crippen LogP contribution in [0.5, 0.6) is 0 Å². The molecule has 3 nitrogen and oxygen atoms in total. The summed E-state index contributed by atoms with van der Waals surface area (Å²) in [5, 5.41) is 4.61. The van der Waals surface area contributed by atoms with E-state index >= 15 is 0 Å². The van der Waals surface area contributed by atoms with Crippen LogP contribution in [0.3, 0.4) is 0 Å². The van der Waals surface area contributed by atoms with Gasteiger partial charge in [0.2, 0.25) is 0 Å². The standard InChI is InChI=1S/C16H22N2O/c1-3-4-10-19-11-9-17-16-12-13(2)18-15-8-6-5-7-14(15)16/h5-8,12H,3-4,9-11H2,1-2H3,(H,17,18). The summed E-state index contributed by atoms with van der Waals surface area (Å²) < 4.78 is 5.56. The van der Waals surface area contributed by atoms with E-state index in [2.05, 4.69) is 29.4 Å². The number of nitrogens with one attached hydrogen (secondary N) is 1. The van der Waals surface area contributed by atoms with E-state index in [4.69, 9.17) is 4.74 Å². The van der Waals surface area contributed by atoms with Gasteiger partial charge in [-0.25, -0.2) is 0 Å². The monoisotopic (exact) mass is 258 g/mol. The lowest BCUT2D eigenvalue weighted by Crippen LogP contribution is -2.10. The van der Waals surface area contributed by atoms with E-state index < -0.39 is 0 Å². The largest absolute Gasteiger partial charge is 0.382 e. The van der Waals surface area contributed by atoms with Gasteiger partial charge >= 0.3 is 0 Å². The molecule has 1 aromatic carbocycles. The number of pyridine rings is 1. The van der Waals surface area contributed by atoms with Crippen molar-refractivity contribution in [2.45, 2.75) is 26.7 Å². The number of para-hydroxylation sites is 1. The lowest BCUT2D eigenvalue weighted by atomic mass is 10.1. The molecule has 1 heterocycles. The molecule has 0 aliphatic carbocycles. The molecule has 0 aliphatic rings. The number of hydrogen-bond donors (Lipinski definition) is 1. The molecule has 2 rings (SSSR count). The Morgan fingerprint density at radius 2 is 2.05 bits per heavy atom. The molecule has 0 saturated carbocycles. The number of nitrogens with zero attached hydrogens (tertiary/aromatic N) is 1. The van der Waals surface area contributed by atoms with Gasteiger partial charge in [0.25, 0.3) is 0 Å². The van der Waals surface area contributed by atoms with Crippen LogP contribution in [0.1, 0.15) is 25.5 Å². The molecule has 0 spiro atoms. The molecular weight excluding hydrogens is 236 g/mol. The summed E-state index contributed by atoms with van der Waals surface area (Å²) in [6, 6.07) is 10.3. The molecule has 2 aromatic rings. The van der Waals surface area contributed by atoms with Crippen LogP contribution in [-0.2, 0) is 4.74 Å². The molecular formula is C16H22N2O. The van der Waals surface area contributed by atoms with Gasteiger partial charge in [-0.15, -0.1) is 0 Å². The summed E-state index contributed by atoms with van der Waals surface area (Å²) in [4.78, 5) is 4.53. The number of rotatable bonds is 7. The minimum atomic E-state index is 0.746. The number of unbranched alkanes of at least 4 members (excludes halogenated alkanes) is 1. The van der Waals surface area contributed by atoms with E-state index in [1.54, 1.807) is 0 Å². The molecule has 0 saturated heterocycles. The van der Waals surface area contributed by atoms with E-state index in [1.807, 2.05) is 25.1 Å². The van der Waals surface area contributed by atoms with Crippen molar-refractivity contribution >= 4 is 16.6 Å². The van der Waals surface area contributed by atoms with Crippen LogP contribution in [0.4, 0.5) is 5.69 Å². The van der Waals surface area contributed by atoms with Gasteiger partial charge in [0.15, 0.2) is 0 Å². The lowest BCUT2D eigenvalue weighted by molar-refractivity contribution is 0.141. The topological polar surface area (TPSA) is 34.1 Å². The predicted molar refractivity (Wildman–Crippen MR) is 80.7 cm³/mol. The van der Waals surface area contributed by atoms with Crippen molar-refractivity contribution in [3.8, 4) is 0 Å². The van der Waals surface area contributed by atoms with E-state index in [-0.39, 0.29) is 0 Å². The molecule has 19 heavy (non-hydrogen) atoms. The van der Waals surface area contributed by atoms with Crippen molar-refractivity contribution in [3.63, 3.8) is 0 Å². The maximum atomic E-state index is 5.56. The number of benzene rings is 1. The SMILES string of the molecule is CCCCOCCNc1cc(C)nc2ccccc12. The first-order valence-corrected chi connectivity index (χ1v) is 6.99. The quantitative estimate of drug-likeness (QED) is 0.768. The second-order valence-corrected chi connectivity index (χ2v) is 4.72. The first kappa shape index (κ1) is 13.8. The number of hydrogen-bond acceptors (Lipinski definition) is 3. The molecule has 102 valence electrons. The summed E-state index contributed by atoms with van der Waals surface area (Å²) in [6.07, 6.45) is 2.32. The van der Waals surface area contributed by atoms with Gasteiger partial charge in [-0.2, -0.15) is 0 Å². The minimum Gasteiger partial charge on any atom is -0.382 e. The van der Waals surface area contributed by atoms with Gasteiger partial charge in [0, 0.05) is 29.9 Å². The van der Waals surface area contributed by atoms with Gasteiger partial charge in [-0.3, -0.25) is 4.98 Å². The first-order chi connectivity index (χ1) is 9.31. The number of anilines is 1. The average molecular weight is 258 g/mol. The van der Waals surface area contributed by atoms with Crippen molar-refractivity contribution in [3.05, 3.63) is 36.0 Å². The summed E-state index contributed by atoms with van der Waals surface area (Å²) in [5.41, 5.74) is 3.21. The number of ether oxygens (including phenoxy) is 1. The normalized spacial score (nSPS) is 10.8. The molecule has 1 N–H and O–H groups in total. The lowest BCUT2D eigenvalue weighted by Gasteiger charge is -2.11. The Balaban J connectivity index is 1.96. The summed E-state index contributed by atoms with van der Waals surface area (Å²) in [6.45, 7) is 6.63. The highest BCUT2D eigenvalue weighted by molar-refractivity contribution is 5.91. The van der Waals surface area contributed by atoms with E-state index in [9.17, 15) is 0 Å². The Hall–Kier alpha value is -1.61. The molecule has 0 atom stereocenters. The molecule has 3 heteroatoms. The Labute approximate surface area is 115 Å². The van der Waals surface area contributed by atoms with Crippen LogP contribution in [-0.4, -0.2) is 24.7 Å². The van der Waals surface area contributed by atoms with Crippen molar-refractivity contribution in [2.75, 3.05) is 25.1 Å². The van der Waals surface area contributed by atoms with Gasteiger partial charge < -0.3 is 10.1 Å². The zero-order valence-corrected chi connectivity index (χ0v) is 11.8. The zero-order valence-electron chi connectivity index (χ0n) is 11.8. The Kier molecular flexibility index (Phi) is 5.16. The molecule has 0 amide bonds. The fourth-order valence-corrected chi connectivity index (χ4v) is 2.06. The Morgan fingerprint density at radius 3 is 2.89 bits per heavy atom.